The summed E-state index contributed by atoms with van der Waals surface area (Å²) in [5.74, 6) is 2.89. The summed E-state index contributed by atoms with van der Waals surface area (Å²) in [6.07, 6.45) is 6.68. The summed E-state index contributed by atoms with van der Waals surface area (Å²) < 4.78 is 11.9. The van der Waals surface area contributed by atoms with Crippen molar-refractivity contribution in [3.8, 4) is 11.5 Å². The zero-order valence-electron chi connectivity index (χ0n) is 19.2. The van der Waals surface area contributed by atoms with Crippen LogP contribution in [0, 0.1) is 0 Å². The van der Waals surface area contributed by atoms with E-state index in [1.807, 2.05) is 30.1 Å². The van der Waals surface area contributed by atoms with Gasteiger partial charge in [-0.25, -0.2) is 0 Å². The monoisotopic (exact) mass is 452 g/mol. The molecule has 6 nitrogen and oxygen atoms in total. The zero-order chi connectivity index (χ0) is 22.1. The van der Waals surface area contributed by atoms with Crippen molar-refractivity contribution in [1.82, 2.24) is 9.88 Å². The van der Waals surface area contributed by atoms with Crippen LogP contribution in [0.3, 0.4) is 0 Å². The van der Waals surface area contributed by atoms with Gasteiger partial charge in [0, 0.05) is 42.7 Å². The maximum Gasteiger partial charge on any atom is 0.160 e. The number of anilines is 1. The topological polar surface area (TPSA) is 50.2 Å². The molecule has 0 spiro atoms. The first-order chi connectivity index (χ1) is 15.7. The number of rotatable bonds is 6. The highest BCUT2D eigenvalue weighted by atomic mass is 32.2. The molecule has 2 saturated heterocycles. The molecule has 1 aromatic heterocycles. The Labute approximate surface area is 195 Å². The van der Waals surface area contributed by atoms with Gasteiger partial charge in [0.05, 0.1) is 31.6 Å². The van der Waals surface area contributed by atoms with Gasteiger partial charge in [-0.05, 0) is 43.9 Å². The third kappa shape index (κ3) is 3.70. The van der Waals surface area contributed by atoms with Crippen LogP contribution in [0.2, 0.25) is 0 Å². The average molecular weight is 453 g/mol. The lowest BCUT2D eigenvalue weighted by Gasteiger charge is -2.34. The molecule has 0 unspecified atom stereocenters. The van der Waals surface area contributed by atoms with Crippen LogP contribution in [0.5, 0.6) is 11.5 Å². The van der Waals surface area contributed by atoms with Gasteiger partial charge in [0.15, 0.2) is 5.17 Å². The zero-order valence-corrected chi connectivity index (χ0v) is 20.0. The lowest BCUT2D eigenvalue weighted by atomic mass is 9.93. The van der Waals surface area contributed by atoms with E-state index < -0.39 is 0 Å². The summed E-state index contributed by atoms with van der Waals surface area (Å²) in [7, 11) is 3.54. The Balaban J connectivity index is 1.61. The SMILES string of the molecule is CC[C@@H]1CSC2=N[C@H](c3ccccn3)[C@@H](c3cc(OC)c(N4CCCCC4)cc3OC)N21. The molecule has 0 amide bonds. The van der Waals surface area contributed by atoms with E-state index in [-0.39, 0.29) is 12.1 Å². The van der Waals surface area contributed by atoms with E-state index in [9.17, 15) is 0 Å². The summed E-state index contributed by atoms with van der Waals surface area (Å²) in [5.41, 5.74) is 3.25. The first-order valence-corrected chi connectivity index (χ1v) is 12.6. The second-order valence-corrected chi connectivity index (χ2v) is 9.64. The van der Waals surface area contributed by atoms with E-state index in [2.05, 4.69) is 39.9 Å². The molecule has 2 fully saturated rings. The standard InChI is InChI=1S/C25H32N4O2S/c1-4-17-16-32-25-27-23(19-10-6-7-11-26-19)24(29(17)25)18-14-22(31-3)20(15-21(18)30-2)28-12-8-5-9-13-28/h6-7,10-11,14-15,17,23-24H,4-5,8-9,12-13,16H2,1-3H3/t17-,23-,24-/m1/s1. The van der Waals surface area contributed by atoms with Crippen molar-refractivity contribution in [3.05, 3.63) is 47.8 Å². The van der Waals surface area contributed by atoms with Gasteiger partial charge >= 0.3 is 0 Å². The smallest absolute Gasteiger partial charge is 0.160 e. The van der Waals surface area contributed by atoms with Crippen molar-refractivity contribution in [2.75, 3.05) is 38.0 Å². The maximum absolute atomic E-state index is 6.00. The number of piperidine rings is 1. The first kappa shape index (κ1) is 21.4. The molecule has 0 N–H and O–H groups in total. The fourth-order valence-corrected chi connectivity index (χ4v) is 6.54. The second-order valence-electron chi connectivity index (χ2n) is 8.65. The Morgan fingerprint density at radius 3 is 2.56 bits per heavy atom. The Bertz CT molecular complexity index is 977. The minimum Gasteiger partial charge on any atom is -0.496 e. The third-order valence-corrected chi connectivity index (χ3v) is 8.00. The minimum atomic E-state index is -0.0625. The number of ether oxygens (including phenoxy) is 2. The van der Waals surface area contributed by atoms with E-state index in [1.165, 1.54) is 19.3 Å². The van der Waals surface area contributed by atoms with E-state index >= 15 is 0 Å². The van der Waals surface area contributed by atoms with Crippen molar-refractivity contribution in [2.45, 2.75) is 50.7 Å². The number of hydrogen-bond donors (Lipinski definition) is 0. The van der Waals surface area contributed by atoms with Crippen LogP contribution in [0.4, 0.5) is 5.69 Å². The number of benzene rings is 1. The summed E-state index contributed by atoms with van der Waals surface area (Å²) in [6.45, 7) is 4.39. The van der Waals surface area contributed by atoms with Gasteiger partial charge in [-0.3, -0.25) is 9.98 Å². The summed E-state index contributed by atoms with van der Waals surface area (Å²) in [4.78, 5) is 14.8. The van der Waals surface area contributed by atoms with Gasteiger partial charge in [0.25, 0.3) is 0 Å². The molecule has 3 aliphatic heterocycles. The van der Waals surface area contributed by atoms with Gasteiger partial charge < -0.3 is 19.3 Å². The Hall–Kier alpha value is -2.41. The van der Waals surface area contributed by atoms with Gasteiger partial charge in [-0.1, -0.05) is 24.8 Å². The van der Waals surface area contributed by atoms with Crippen molar-refractivity contribution < 1.29 is 9.47 Å². The fraction of sp³-hybridized carbons (Fsp3) is 0.520. The maximum atomic E-state index is 6.00. The molecule has 0 bridgehead atoms. The molecule has 3 atom stereocenters. The van der Waals surface area contributed by atoms with Crippen LogP contribution in [-0.2, 0) is 0 Å². The second kappa shape index (κ2) is 9.22. The number of hydrogen-bond acceptors (Lipinski definition) is 7. The number of aliphatic imine (C=N–C) groups is 1. The van der Waals surface area contributed by atoms with Gasteiger partial charge in [-0.2, -0.15) is 0 Å². The van der Waals surface area contributed by atoms with E-state index in [4.69, 9.17) is 14.5 Å². The number of fused-ring (bicyclic) bond motifs is 1. The van der Waals surface area contributed by atoms with E-state index in [0.29, 0.717) is 6.04 Å². The van der Waals surface area contributed by atoms with Crippen molar-refractivity contribution in [3.63, 3.8) is 0 Å². The number of amidine groups is 1. The number of pyridine rings is 1. The highest BCUT2D eigenvalue weighted by Crippen LogP contribution is 2.52. The number of thioether (sulfide) groups is 1. The largest absolute Gasteiger partial charge is 0.496 e. The summed E-state index contributed by atoms with van der Waals surface area (Å²) in [5, 5.41) is 1.12. The summed E-state index contributed by atoms with van der Waals surface area (Å²) in [6, 6.07) is 10.9. The molecule has 0 saturated carbocycles. The molecular weight excluding hydrogens is 420 g/mol. The number of aromatic nitrogens is 1. The van der Waals surface area contributed by atoms with Crippen molar-refractivity contribution in [2.24, 2.45) is 4.99 Å². The molecule has 3 aliphatic rings. The Morgan fingerprint density at radius 2 is 1.88 bits per heavy atom. The highest BCUT2D eigenvalue weighted by molar-refractivity contribution is 8.14. The number of nitrogens with zero attached hydrogens (tertiary/aromatic N) is 4. The lowest BCUT2D eigenvalue weighted by molar-refractivity contribution is 0.248. The quantitative estimate of drug-likeness (QED) is 0.610. The third-order valence-electron chi connectivity index (χ3n) is 6.88. The normalized spacial score (nSPS) is 25.0. The molecule has 170 valence electrons. The Morgan fingerprint density at radius 1 is 1.06 bits per heavy atom. The van der Waals surface area contributed by atoms with Crippen LogP contribution >= 0.6 is 11.8 Å². The summed E-state index contributed by atoms with van der Waals surface area (Å²) >= 11 is 1.86. The molecule has 0 radical (unpaired) electrons. The predicted molar refractivity (Wildman–Crippen MR) is 131 cm³/mol. The van der Waals surface area contributed by atoms with Gasteiger partial charge in [-0.15, -0.1) is 0 Å². The van der Waals surface area contributed by atoms with Gasteiger partial charge in [0.1, 0.15) is 17.5 Å². The van der Waals surface area contributed by atoms with Crippen molar-refractivity contribution in [1.29, 1.82) is 0 Å². The van der Waals surface area contributed by atoms with Crippen LogP contribution in [-0.4, -0.2) is 54.2 Å². The molecule has 32 heavy (non-hydrogen) atoms. The molecule has 1 aromatic carbocycles. The highest BCUT2D eigenvalue weighted by Gasteiger charge is 2.46. The molecule has 5 rings (SSSR count). The van der Waals surface area contributed by atoms with Crippen LogP contribution < -0.4 is 14.4 Å². The van der Waals surface area contributed by atoms with E-state index in [0.717, 1.165) is 58.9 Å². The van der Waals surface area contributed by atoms with Gasteiger partial charge in [0.2, 0.25) is 0 Å². The average Bonchev–Trinajstić information content (AvgIpc) is 3.43. The molecule has 2 aromatic rings. The Kier molecular flexibility index (Phi) is 6.17. The number of methoxy groups -OCH3 is 2. The molecule has 0 aliphatic carbocycles. The molecule has 7 heteroatoms. The molecule has 4 heterocycles. The minimum absolute atomic E-state index is 0.0408. The first-order valence-electron chi connectivity index (χ1n) is 11.7. The van der Waals surface area contributed by atoms with Crippen molar-refractivity contribution >= 4 is 22.6 Å². The lowest BCUT2D eigenvalue weighted by Crippen LogP contribution is -2.35. The fourth-order valence-electron chi connectivity index (χ4n) is 5.21. The predicted octanol–water partition coefficient (Wildman–Crippen LogP) is 5.07. The molecular formula is C25H32N4O2S. The van der Waals surface area contributed by atoms with Crippen LogP contribution in [0.25, 0.3) is 0 Å². The van der Waals surface area contributed by atoms with E-state index in [1.54, 1.807) is 14.2 Å². The van der Waals surface area contributed by atoms with Crippen LogP contribution in [0.15, 0.2) is 41.5 Å². The van der Waals surface area contributed by atoms with Crippen LogP contribution in [0.1, 0.15) is 55.9 Å².